The highest BCUT2D eigenvalue weighted by Crippen LogP contribution is 2.37. The first-order valence-electron chi connectivity index (χ1n) is 6.79. The van der Waals surface area contributed by atoms with Crippen molar-refractivity contribution in [2.24, 2.45) is 5.73 Å². The molecule has 0 bridgehead atoms. The average Bonchev–Trinajstić information content (AvgIpc) is 2.97. The smallest absolute Gasteiger partial charge is 0.0652 e. The molecule has 1 unspecified atom stereocenters. The van der Waals surface area contributed by atoms with Crippen LogP contribution < -0.4 is 5.73 Å². The molecule has 0 saturated carbocycles. The Balaban J connectivity index is 2.15. The van der Waals surface area contributed by atoms with Gasteiger partial charge in [0.15, 0.2) is 0 Å². The first-order valence-corrected chi connectivity index (χ1v) is 8.48. The Hall–Kier alpha value is -1.16. The molecule has 104 valence electrons. The van der Waals surface area contributed by atoms with Gasteiger partial charge in [0.2, 0.25) is 0 Å². The SMILES string of the molecule is Cc1cc(C)c(C)c(C(N)c2cc3sccc3s2)c1C. The van der Waals surface area contributed by atoms with Gasteiger partial charge in [0.25, 0.3) is 0 Å². The molecule has 2 N–H and O–H groups in total. The van der Waals surface area contributed by atoms with Gasteiger partial charge in [-0.1, -0.05) is 6.07 Å². The van der Waals surface area contributed by atoms with Gasteiger partial charge in [-0.3, -0.25) is 0 Å². The summed E-state index contributed by atoms with van der Waals surface area (Å²) < 4.78 is 2.69. The Bertz CT molecular complexity index is 725. The zero-order valence-corrected chi connectivity index (χ0v) is 13.9. The van der Waals surface area contributed by atoms with Crippen LogP contribution in [0.4, 0.5) is 0 Å². The summed E-state index contributed by atoms with van der Waals surface area (Å²) in [5, 5.41) is 2.14. The summed E-state index contributed by atoms with van der Waals surface area (Å²) in [5.74, 6) is 0. The topological polar surface area (TPSA) is 26.0 Å². The van der Waals surface area contributed by atoms with Crippen molar-refractivity contribution in [1.82, 2.24) is 0 Å². The van der Waals surface area contributed by atoms with Crippen LogP contribution in [0.3, 0.4) is 0 Å². The summed E-state index contributed by atoms with van der Waals surface area (Å²) in [5.41, 5.74) is 13.2. The molecule has 0 amide bonds. The maximum Gasteiger partial charge on any atom is 0.0652 e. The minimum Gasteiger partial charge on any atom is -0.320 e. The lowest BCUT2D eigenvalue weighted by atomic mass is 9.89. The predicted molar refractivity (Wildman–Crippen MR) is 91.1 cm³/mol. The molecule has 3 heteroatoms. The van der Waals surface area contributed by atoms with Crippen LogP contribution in [0.5, 0.6) is 0 Å². The third kappa shape index (κ3) is 2.10. The standard InChI is InChI=1S/C17H19NS2/c1-9-7-10(2)12(4)16(11(9)3)17(18)15-8-14-13(20-15)5-6-19-14/h5-8,17H,18H2,1-4H3. The first-order chi connectivity index (χ1) is 9.49. The Kier molecular flexibility index (Phi) is 3.44. The lowest BCUT2D eigenvalue weighted by Gasteiger charge is -2.20. The van der Waals surface area contributed by atoms with Gasteiger partial charge in [0, 0.05) is 14.3 Å². The van der Waals surface area contributed by atoms with Gasteiger partial charge in [0.05, 0.1) is 6.04 Å². The Morgan fingerprint density at radius 1 is 0.950 bits per heavy atom. The minimum absolute atomic E-state index is 0.0156. The van der Waals surface area contributed by atoms with Gasteiger partial charge in [-0.05, 0) is 73.0 Å². The minimum atomic E-state index is -0.0156. The fraction of sp³-hybridized carbons (Fsp3) is 0.294. The van der Waals surface area contributed by atoms with Crippen LogP contribution in [0.2, 0.25) is 0 Å². The van der Waals surface area contributed by atoms with Gasteiger partial charge in [-0.2, -0.15) is 0 Å². The first kappa shape index (κ1) is 13.8. The highest BCUT2D eigenvalue weighted by molar-refractivity contribution is 7.27. The van der Waals surface area contributed by atoms with Crippen molar-refractivity contribution in [1.29, 1.82) is 0 Å². The highest BCUT2D eigenvalue weighted by atomic mass is 32.1. The van der Waals surface area contributed by atoms with Crippen LogP contribution in [0.1, 0.15) is 38.7 Å². The normalized spacial score (nSPS) is 13.1. The summed E-state index contributed by atoms with van der Waals surface area (Å²) in [4.78, 5) is 1.27. The van der Waals surface area contributed by atoms with E-state index in [2.05, 4.69) is 51.3 Å². The van der Waals surface area contributed by atoms with E-state index in [0.717, 1.165) is 0 Å². The molecule has 1 aromatic carbocycles. The van der Waals surface area contributed by atoms with Crippen molar-refractivity contribution in [3.8, 4) is 0 Å². The lowest BCUT2D eigenvalue weighted by Crippen LogP contribution is -2.15. The third-order valence-corrected chi connectivity index (χ3v) is 6.38. The molecule has 0 fully saturated rings. The number of hydrogen-bond donors (Lipinski definition) is 1. The Morgan fingerprint density at radius 2 is 1.60 bits per heavy atom. The van der Waals surface area contributed by atoms with E-state index in [1.54, 1.807) is 11.3 Å². The molecule has 1 nitrogen and oxygen atoms in total. The molecule has 0 spiro atoms. The summed E-state index contributed by atoms with van der Waals surface area (Å²) in [6, 6.07) is 6.68. The van der Waals surface area contributed by atoms with Gasteiger partial charge < -0.3 is 5.73 Å². The van der Waals surface area contributed by atoms with Gasteiger partial charge in [-0.25, -0.2) is 0 Å². The van der Waals surface area contributed by atoms with Crippen molar-refractivity contribution in [3.05, 3.63) is 56.3 Å². The van der Waals surface area contributed by atoms with E-state index in [9.17, 15) is 0 Å². The van der Waals surface area contributed by atoms with Crippen LogP contribution >= 0.6 is 22.7 Å². The largest absolute Gasteiger partial charge is 0.320 e. The quantitative estimate of drug-likeness (QED) is 0.688. The second kappa shape index (κ2) is 4.99. The Labute approximate surface area is 128 Å². The van der Waals surface area contributed by atoms with E-state index in [0.29, 0.717) is 0 Å². The second-order valence-electron chi connectivity index (χ2n) is 5.45. The molecule has 1 atom stereocenters. The van der Waals surface area contributed by atoms with Crippen LogP contribution in [0.15, 0.2) is 23.6 Å². The van der Waals surface area contributed by atoms with E-state index < -0.39 is 0 Å². The van der Waals surface area contributed by atoms with E-state index in [4.69, 9.17) is 5.73 Å². The number of hydrogen-bond acceptors (Lipinski definition) is 3. The van der Waals surface area contributed by atoms with Crippen molar-refractivity contribution in [3.63, 3.8) is 0 Å². The molecule has 0 aliphatic heterocycles. The molecule has 3 aromatic rings. The molecule has 0 aliphatic carbocycles. The van der Waals surface area contributed by atoms with Crippen molar-refractivity contribution >= 4 is 32.1 Å². The van der Waals surface area contributed by atoms with Crippen molar-refractivity contribution in [2.75, 3.05) is 0 Å². The van der Waals surface area contributed by atoms with Gasteiger partial charge in [0.1, 0.15) is 0 Å². The molecular weight excluding hydrogens is 282 g/mol. The molecule has 0 saturated heterocycles. The molecule has 0 aliphatic rings. The molecule has 0 radical (unpaired) electrons. The van der Waals surface area contributed by atoms with Crippen LogP contribution in [0.25, 0.3) is 9.40 Å². The van der Waals surface area contributed by atoms with E-state index in [1.165, 1.54) is 42.1 Å². The van der Waals surface area contributed by atoms with E-state index in [1.807, 2.05) is 11.3 Å². The zero-order valence-electron chi connectivity index (χ0n) is 12.3. The number of fused-ring (bicyclic) bond motifs is 1. The number of rotatable bonds is 2. The summed E-state index contributed by atoms with van der Waals surface area (Å²) in [6.07, 6.45) is 0. The summed E-state index contributed by atoms with van der Waals surface area (Å²) >= 11 is 3.61. The number of thiophene rings is 2. The number of benzene rings is 1. The van der Waals surface area contributed by atoms with E-state index >= 15 is 0 Å². The Morgan fingerprint density at radius 3 is 2.20 bits per heavy atom. The van der Waals surface area contributed by atoms with Crippen molar-refractivity contribution < 1.29 is 0 Å². The third-order valence-electron chi connectivity index (χ3n) is 4.20. The zero-order chi connectivity index (χ0) is 14.4. The summed E-state index contributed by atoms with van der Waals surface area (Å²) in [7, 11) is 0. The lowest BCUT2D eigenvalue weighted by molar-refractivity contribution is 0.865. The fourth-order valence-corrected chi connectivity index (χ4v) is 4.92. The molecule has 20 heavy (non-hydrogen) atoms. The highest BCUT2D eigenvalue weighted by Gasteiger charge is 2.19. The fourth-order valence-electron chi connectivity index (χ4n) is 2.79. The predicted octanol–water partition coefficient (Wildman–Crippen LogP) is 5.24. The van der Waals surface area contributed by atoms with Crippen LogP contribution in [-0.4, -0.2) is 0 Å². The van der Waals surface area contributed by atoms with Crippen molar-refractivity contribution in [2.45, 2.75) is 33.7 Å². The van der Waals surface area contributed by atoms with Crippen LogP contribution in [-0.2, 0) is 0 Å². The number of aryl methyl sites for hydroxylation is 2. The molecule has 3 rings (SSSR count). The molecular formula is C17H19NS2. The molecule has 2 aromatic heterocycles. The summed E-state index contributed by atoms with van der Waals surface area (Å²) in [6.45, 7) is 8.72. The van der Waals surface area contributed by atoms with E-state index in [-0.39, 0.29) is 6.04 Å². The van der Waals surface area contributed by atoms with Gasteiger partial charge in [-0.15, -0.1) is 22.7 Å². The maximum absolute atomic E-state index is 6.59. The average molecular weight is 301 g/mol. The van der Waals surface area contributed by atoms with Crippen LogP contribution in [0, 0.1) is 27.7 Å². The molecule has 2 heterocycles. The maximum atomic E-state index is 6.59. The monoisotopic (exact) mass is 301 g/mol. The van der Waals surface area contributed by atoms with Gasteiger partial charge >= 0.3 is 0 Å². The second-order valence-corrected chi connectivity index (χ2v) is 7.51. The number of nitrogens with two attached hydrogens (primary N) is 1.